The van der Waals surface area contributed by atoms with Crippen LogP contribution in [0, 0.1) is 7.14 Å². The van der Waals surface area contributed by atoms with Gasteiger partial charge in [-0.25, -0.2) is 0 Å². The van der Waals surface area contributed by atoms with Gasteiger partial charge in [-0.3, -0.25) is 0 Å². The number of hydrogen-bond acceptors (Lipinski definition) is 0. The fourth-order valence-corrected chi connectivity index (χ4v) is 2.34. The second-order valence-corrected chi connectivity index (χ2v) is 6.14. The summed E-state index contributed by atoms with van der Waals surface area (Å²) in [7, 11) is 0. The summed E-state index contributed by atoms with van der Waals surface area (Å²) in [4.78, 5) is 0. The molecule has 0 saturated heterocycles. The van der Waals surface area contributed by atoms with Gasteiger partial charge < -0.3 is 0 Å². The van der Waals surface area contributed by atoms with Gasteiger partial charge in [0.25, 0.3) is 6.08 Å². The first-order chi connectivity index (χ1) is 8.58. The third kappa shape index (κ3) is 3.28. The molecular formula is C14H8F2I2. The molecule has 0 aliphatic heterocycles. The van der Waals surface area contributed by atoms with Crippen LogP contribution in [0.1, 0.15) is 11.1 Å². The summed E-state index contributed by atoms with van der Waals surface area (Å²) in [6.07, 6.45) is -1.66. The van der Waals surface area contributed by atoms with Crippen LogP contribution in [0.15, 0.2) is 54.6 Å². The summed E-state index contributed by atoms with van der Waals surface area (Å²) in [5, 5.41) is 0. The predicted molar refractivity (Wildman–Crippen MR) is 86.6 cm³/mol. The Kier molecular flexibility index (Phi) is 4.71. The lowest BCUT2D eigenvalue weighted by molar-refractivity contribution is 0.426. The average molecular weight is 468 g/mol. The molecule has 0 aliphatic rings. The van der Waals surface area contributed by atoms with E-state index in [2.05, 4.69) is 45.2 Å². The Bertz CT molecular complexity index is 520. The zero-order valence-electron chi connectivity index (χ0n) is 9.13. The maximum absolute atomic E-state index is 13.1. The van der Waals surface area contributed by atoms with Gasteiger partial charge >= 0.3 is 0 Å². The standard InChI is InChI=1S/C14H8F2I2/c15-14(16)13(9-1-5-11(17)6-2-9)10-3-7-12(18)8-4-10/h1-8H. The molecule has 0 unspecified atom stereocenters. The van der Waals surface area contributed by atoms with Crippen LogP contribution in [0.3, 0.4) is 0 Å². The Morgan fingerprint density at radius 3 is 1.28 bits per heavy atom. The number of halogens is 4. The van der Waals surface area contributed by atoms with Crippen LogP contribution >= 0.6 is 45.2 Å². The van der Waals surface area contributed by atoms with Crippen LogP contribution in [-0.4, -0.2) is 0 Å². The maximum Gasteiger partial charge on any atom is 0.278 e. The lowest BCUT2D eigenvalue weighted by atomic mass is 9.99. The molecule has 0 atom stereocenters. The van der Waals surface area contributed by atoms with Gasteiger partial charge in [0.15, 0.2) is 0 Å². The monoisotopic (exact) mass is 468 g/mol. The Morgan fingerprint density at radius 2 is 1.00 bits per heavy atom. The topological polar surface area (TPSA) is 0 Å². The Labute approximate surface area is 131 Å². The van der Waals surface area contributed by atoms with Gasteiger partial charge in [0, 0.05) is 7.14 Å². The van der Waals surface area contributed by atoms with Crippen LogP contribution in [0.25, 0.3) is 5.57 Å². The normalized spacial score (nSPS) is 10.2. The van der Waals surface area contributed by atoms with E-state index in [9.17, 15) is 8.78 Å². The minimum atomic E-state index is -1.66. The van der Waals surface area contributed by atoms with Crippen molar-refractivity contribution in [3.8, 4) is 0 Å². The fraction of sp³-hybridized carbons (Fsp3) is 0. The molecule has 0 saturated carbocycles. The van der Waals surface area contributed by atoms with Crippen molar-refractivity contribution >= 4 is 50.8 Å². The Hall–Kier alpha value is -0.500. The SMILES string of the molecule is FC(F)=C(c1ccc(I)cc1)c1ccc(I)cc1. The Morgan fingerprint density at radius 1 is 0.667 bits per heavy atom. The molecule has 92 valence electrons. The first kappa shape index (κ1) is 13.9. The molecule has 2 rings (SSSR count). The van der Waals surface area contributed by atoms with Gasteiger partial charge in [0.05, 0.1) is 5.57 Å². The number of rotatable bonds is 2. The van der Waals surface area contributed by atoms with Gasteiger partial charge in [-0.2, -0.15) is 8.78 Å². The molecule has 0 amide bonds. The van der Waals surface area contributed by atoms with E-state index in [1.54, 1.807) is 24.3 Å². The summed E-state index contributed by atoms with van der Waals surface area (Å²) in [6, 6.07) is 14.2. The van der Waals surface area contributed by atoms with E-state index in [0.717, 1.165) is 7.14 Å². The van der Waals surface area contributed by atoms with Crippen molar-refractivity contribution in [1.82, 2.24) is 0 Å². The average Bonchev–Trinajstić information content (AvgIpc) is 2.34. The smallest absolute Gasteiger partial charge is 0.173 e. The van der Waals surface area contributed by atoms with Crippen LogP contribution in [-0.2, 0) is 0 Å². The maximum atomic E-state index is 13.1. The first-order valence-electron chi connectivity index (χ1n) is 5.15. The molecule has 0 nitrogen and oxygen atoms in total. The summed E-state index contributed by atoms with van der Waals surface area (Å²) in [5.41, 5.74) is 1.08. The molecule has 0 N–H and O–H groups in total. The van der Waals surface area contributed by atoms with E-state index in [1.165, 1.54) is 0 Å². The molecule has 0 aromatic heterocycles. The van der Waals surface area contributed by atoms with Gasteiger partial charge in [-0.15, -0.1) is 0 Å². The lowest BCUT2D eigenvalue weighted by Gasteiger charge is -2.07. The number of hydrogen-bond donors (Lipinski definition) is 0. The molecule has 0 fully saturated rings. The van der Waals surface area contributed by atoms with Gasteiger partial charge in [-0.1, -0.05) is 24.3 Å². The molecule has 4 heteroatoms. The summed E-state index contributed by atoms with van der Waals surface area (Å²) in [6.45, 7) is 0. The quantitative estimate of drug-likeness (QED) is 0.508. The van der Waals surface area contributed by atoms with Crippen molar-refractivity contribution in [2.45, 2.75) is 0 Å². The van der Waals surface area contributed by atoms with E-state index < -0.39 is 6.08 Å². The highest BCUT2D eigenvalue weighted by Gasteiger charge is 2.11. The van der Waals surface area contributed by atoms with E-state index in [0.29, 0.717) is 11.1 Å². The minimum absolute atomic E-state index is 0.00259. The largest absolute Gasteiger partial charge is 0.278 e. The van der Waals surface area contributed by atoms with Crippen LogP contribution < -0.4 is 0 Å². The van der Waals surface area contributed by atoms with Gasteiger partial charge in [-0.05, 0) is 80.6 Å². The van der Waals surface area contributed by atoms with E-state index in [1.807, 2.05) is 24.3 Å². The van der Waals surface area contributed by atoms with Crippen molar-refractivity contribution in [3.63, 3.8) is 0 Å². The Balaban J connectivity index is 2.51. The molecule has 2 aromatic carbocycles. The van der Waals surface area contributed by atoms with Gasteiger partial charge in [0.1, 0.15) is 0 Å². The first-order valence-corrected chi connectivity index (χ1v) is 7.31. The van der Waals surface area contributed by atoms with Crippen molar-refractivity contribution < 1.29 is 8.78 Å². The highest BCUT2D eigenvalue weighted by atomic mass is 127. The predicted octanol–water partition coefficient (Wildman–Crippen LogP) is 5.55. The minimum Gasteiger partial charge on any atom is -0.173 e. The fourth-order valence-electron chi connectivity index (χ4n) is 1.62. The van der Waals surface area contributed by atoms with Crippen molar-refractivity contribution in [2.24, 2.45) is 0 Å². The van der Waals surface area contributed by atoms with Gasteiger partial charge in [0.2, 0.25) is 0 Å². The molecule has 18 heavy (non-hydrogen) atoms. The molecule has 0 radical (unpaired) electrons. The third-order valence-corrected chi connectivity index (χ3v) is 3.89. The molecular weight excluding hydrogens is 460 g/mol. The van der Waals surface area contributed by atoms with Crippen molar-refractivity contribution in [2.75, 3.05) is 0 Å². The van der Waals surface area contributed by atoms with Crippen LogP contribution in [0.2, 0.25) is 0 Å². The summed E-state index contributed by atoms with van der Waals surface area (Å²) >= 11 is 4.30. The summed E-state index contributed by atoms with van der Waals surface area (Å²) in [5.74, 6) is 0. The molecule has 2 aromatic rings. The van der Waals surface area contributed by atoms with Crippen LogP contribution in [0.4, 0.5) is 8.78 Å². The van der Waals surface area contributed by atoms with E-state index in [4.69, 9.17) is 0 Å². The molecule has 0 aliphatic carbocycles. The highest BCUT2D eigenvalue weighted by molar-refractivity contribution is 14.1. The zero-order valence-corrected chi connectivity index (χ0v) is 13.4. The van der Waals surface area contributed by atoms with Crippen molar-refractivity contribution in [3.05, 3.63) is 72.9 Å². The molecule has 0 heterocycles. The summed E-state index contributed by atoms with van der Waals surface area (Å²) < 4.78 is 28.3. The zero-order chi connectivity index (χ0) is 13.1. The van der Waals surface area contributed by atoms with Crippen molar-refractivity contribution in [1.29, 1.82) is 0 Å². The lowest BCUT2D eigenvalue weighted by Crippen LogP contribution is -1.90. The van der Waals surface area contributed by atoms with E-state index in [-0.39, 0.29) is 5.57 Å². The van der Waals surface area contributed by atoms with E-state index >= 15 is 0 Å². The second-order valence-electron chi connectivity index (χ2n) is 3.65. The molecule has 0 bridgehead atoms. The second kappa shape index (κ2) is 6.10. The highest BCUT2D eigenvalue weighted by Crippen LogP contribution is 2.29. The van der Waals surface area contributed by atoms with Crippen LogP contribution in [0.5, 0.6) is 0 Å². The molecule has 0 spiro atoms. The third-order valence-electron chi connectivity index (χ3n) is 2.45. The number of benzene rings is 2.